The number of benzene rings is 1. The molecule has 2 amide bonds. The summed E-state index contributed by atoms with van der Waals surface area (Å²) in [5, 5.41) is 4.29. The van der Waals surface area contributed by atoms with Gasteiger partial charge >= 0.3 is 0 Å². The van der Waals surface area contributed by atoms with E-state index >= 15 is 0 Å². The lowest BCUT2D eigenvalue weighted by Gasteiger charge is -2.39. The molecule has 1 aromatic carbocycles. The van der Waals surface area contributed by atoms with Crippen LogP contribution in [-0.4, -0.2) is 86.1 Å². The monoisotopic (exact) mass is 491 g/mol. The highest BCUT2D eigenvalue weighted by molar-refractivity contribution is 5.94. The van der Waals surface area contributed by atoms with Crippen LogP contribution in [0.15, 0.2) is 36.7 Å². The number of rotatable bonds is 5. The fourth-order valence-electron chi connectivity index (χ4n) is 5.28. The van der Waals surface area contributed by atoms with E-state index in [1.165, 1.54) is 6.33 Å². The summed E-state index contributed by atoms with van der Waals surface area (Å²) in [6.07, 6.45) is 4.73. The lowest BCUT2D eigenvalue weighted by atomic mass is 9.97. The van der Waals surface area contributed by atoms with Crippen LogP contribution >= 0.6 is 0 Å². The number of hydrogen-bond donors (Lipinski definition) is 0. The largest absolute Gasteiger partial charge is 0.484 e. The molecule has 190 valence electrons. The standard InChI is InChI=1S/C26H33N7O3/c1-18-15-23(33-26(29-18)27-17-28-33)30-11-13-31(14-12-30)25(35)21-7-9-22(10-8-21)36-16-24(34)32-19(2)5-4-6-20(32)3/h7-10,15,17,19-20H,4-6,11-14,16H2,1-3H3. The summed E-state index contributed by atoms with van der Waals surface area (Å²) in [6, 6.07) is 9.56. The third-order valence-electron chi connectivity index (χ3n) is 7.20. The number of nitrogens with zero attached hydrogens (tertiary/aromatic N) is 7. The van der Waals surface area contributed by atoms with Crippen molar-refractivity contribution >= 4 is 23.4 Å². The molecule has 2 aromatic heterocycles. The summed E-state index contributed by atoms with van der Waals surface area (Å²) in [5.41, 5.74) is 1.49. The number of fused-ring (bicyclic) bond motifs is 1. The first-order chi connectivity index (χ1) is 17.4. The third-order valence-corrected chi connectivity index (χ3v) is 7.20. The Balaban J connectivity index is 1.16. The van der Waals surface area contributed by atoms with Gasteiger partial charge in [0.25, 0.3) is 17.6 Å². The number of anilines is 1. The van der Waals surface area contributed by atoms with Crippen molar-refractivity contribution in [3.05, 3.63) is 47.9 Å². The van der Waals surface area contributed by atoms with E-state index in [2.05, 4.69) is 33.8 Å². The van der Waals surface area contributed by atoms with Gasteiger partial charge in [0.2, 0.25) is 0 Å². The van der Waals surface area contributed by atoms with E-state index in [0.717, 1.165) is 30.8 Å². The summed E-state index contributed by atoms with van der Waals surface area (Å²) in [4.78, 5) is 40.4. The zero-order chi connectivity index (χ0) is 25.2. The number of carbonyl (C=O) groups is 2. The van der Waals surface area contributed by atoms with Gasteiger partial charge in [0.15, 0.2) is 6.61 Å². The molecule has 2 saturated heterocycles. The summed E-state index contributed by atoms with van der Waals surface area (Å²) < 4.78 is 7.49. The van der Waals surface area contributed by atoms with Crippen LogP contribution in [0.3, 0.4) is 0 Å². The molecule has 2 aliphatic heterocycles. The molecule has 0 N–H and O–H groups in total. The van der Waals surface area contributed by atoms with Gasteiger partial charge in [0.1, 0.15) is 17.9 Å². The summed E-state index contributed by atoms with van der Waals surface area (Å²) >= 11 is 0. The summed E-state index contributed by atoms with van der Waals surface area (Å²) in [5.74, 6) is 2.11. The van der Waals surface area contributed by atoms with Crippen LogP contribution in [0.5, 0.6) is 5.75 Å². The van der Waals surface area contributed by atoms with Crippen molar-refractivity contribution in [2.75, 3.05) is 37.7 Å². The maximum atomic E-state index is 13.1. The van der Waals surface area contributed by atoms with Crippen LogP contribution in [0.1, 0.15) is 49.2 Å². The van der Waals surface area contributed by atoms with E-state index in [1.54, 1.807) is 28.8 Å². The Hall–Kier alpha value is -3.69. The van der Waals surface area contributed by atoms with E-state index in [0.29, 0.717) is 43.3 Å². The third kappa shape index (κ3) is 4.84. The minimum Gasteiger partial charge on any atom is -0.484 e. The maximum Gasteiger partial charge on any atom is 0.260 e. The average Bonchev–Trinajstić information content (AvgIpc) is 3.35. The molecular weight excluding hydrogens is 458 g/mol. The van der Waals surface area contributed by atoms with Gasteiger partial charge in [-0.1, -0.05) is 0 Å². The van der Waals surface area contributed by atoms with Gasteiger partial charge in [-0.15, -0.1) is 0 Å². The van der Waals surface area contributed by atoms with Gasteiger partial charge in [-0.2, -0.15) is 14.6 Å². The molecule has 10 heteroatoms. The average molecular weight is 492 g/mol. The molecule has 4 heterocycles. The Labute approximate surface area is 210 Å². The fraction of sp³-hybridized carbons (Fsp3) is 0.500. The Morgan fingerprint density at radius 3 is 2.42 bits per heavy atom. The van der Waals surface area contributed by atoms with Crippen LogP contribution in [-0.2, 0) is 4.79 Å². The van der Waals surface area contributed by atoms with Gasteiger partial charge in [-0.05, 0) is 64.3 Å². The van der Waals surface area contributed by atoms with Crippen molar-refractivity contribution in [2.45, 2.75) is 52.1 Å². The Morgan fingerprint density at radius 1 is 1.03 bits per heavy atom. The van der Waals surface area contributed by atoms with Crippen molar-refractivity contribution in [2.24, 2.45) is 0 Å². The Bertz CT molecular complexity index is 1220. The molecule has 36 heavy (non-hydrogen) atoms. The number of aromatic nitrogens is 4. The number of ether oxygens (including phenoxy) is 1. The molecule has 10 nitrogen and oxygen atoms in total. The molecule has 3 aromatic rings. The highest BCUT2D eigenvalue weighted by Crippen LogP contribution is 2.23. The summed E-state index contributed by atoms with van der Waals surface area (Å²) in [7, 11) is 0. The van der Waals surface area contributed by atoms with Gasteiger partial charge in [-0.25, -0.2) is 4.98 Å². The molecule has 2 atom stereocenters. The highest BCUT2D eigenvalue weighted by atomic mass is 16.5. The highest BCUT2D eigenvalue weighted by Gasteiger charge is 2.29. The van der Waals surface area contributed by atoms with Gasteiger partial charge in [-0.3, -0.25) is 9.59 Å². The smallest absolute Gasteiger partial charge is 0.260 e. The maximum absolute atomic E-state index is 13.1. The van der Waals surface area contributed by atoms with Crippen molar-refractivity contribution in [3.63, 3.8) is 0 Å². The molecule has 0 bridgehead atoms. The molecule has 0 spiro atoms. The molecule has 2 aliphatic rings. The predicted octanol–water partition coefficient (Wildman–Crippen LogP) is 2.56. The number of hydrogen-bond acceptors (Lipinski definition) is 7. The number of piperidine rings is 1. The second-order valence-electron chi connectivity index (χ2n) is 9.75. The number of aryl methyl sites for hydroxylation is 1. The molecule has 2 unspecified atom stereocenters. The van der Waals surface area contributed by atoms with E-state index in [4.69, 9.17) is 4.74 Å². The van der Waals surface area contributed by atoms with Crippen LogP contribution in [0.4, 0.5) is 5.82 Å². The van der Waals surface area contributed by atoms with Crippen LogP contribution in [0, 0.1) is 6.92 Å². The quantitative estimate of drug-likeness (QED) is 0.541. The second-order valence-corrected chi connectivity index (χ2v) is 9.75. The number of likely N-dealkylation sites (tertiary alicyclic amines) is 1. The lowest BCUT2D eigenvalue weighted by molar-refractivity contribution is -0.139. The first-order valence-electron chi connectivity index (χ1n) is 12.7. The first kappa shape index (κ1) is 24.0. The van der Waals surface area contributed by atoms with Crippen molar-refractivity contribution < 1.29 is 14.3 Å². The number of carbonyl (C=O) groups excluding carboxylic acids is 2. The van der Waals surface area contributed by atoms with Crippen molar-refractivity contribution in [3.8, 4) is 5.75 Å². The first-order valence-corrected chi connectivity index (χ1v) is 12.7. The SMILES string of the molecule is Cc1cc(N2CCN(C(=O)c3ccc(OCC(=O)N4C(C)CCCC4C)cc3)CC2)n2ncnc2n1. The molecule has 2 fully saturated rings. The lowest BCUT2D eigenvalue weighted by Crippen LogP contribution is -2.49. The van der Waals surface area contributed by atoms with Crippen LogP contribution < -0.4 is 9.64 Å². The minimum atomic E-state index is -0.00921. The van der Waals surface area contributed by atoms with Crippen LogP contribution in [0.25, 0.3) is 5.78 Å². The van der Waals surface area contributed by atoms with Crippen LogP contribution in [0.2, 0.25) is 0 Å². The zero-order valence-corrected chi connectivity index (χ0v) is 21.1. The molecular formula is C26H33N7O3. The molecule has 0 aliphatic carbocycles. The summed E-state index contributed by atoms with van der Waals surface area (Å²) in [6.45, 7) is 8.75. The normalized spacial score (nSPS) is 20.6. The van der Waals surface area contributed by atoms with Gasteiger partial charge < -0.3 is 19.4 Å². The Morgan fingerprint density at radius 2 is 1.72 bits per heavy atom. The molecule has 0 saturated carbocycles. The Kier molecular flexibility index (Phi) is 6.75. The van der Waals surface area contributed by atoms with E-state index in [1.807, 2.05) is 22.8 Å². The second kappa shape index (κ2) is 10.1. The number of amides is 2. The van der Waals surface area contributed by atoms with Crippen molar-refractivity contribution in [1.29, 1.82) is 0 Å². The van der Waals surface area contributed by atoms with Gasteiger partial charge in [0.05, 0.1) is 0 Å². The fourth-order valence-corrected chi connectivity index (χ4v) is 5.28. The predicted molar refractivity (Wildman–Crippen MR) is 135 cm³/mol. The topological polar surface area (TPSA) is 96.2 Å². The van der Waals surface area contributed by atoms with E-state index in [9.17, 15) is 9.59 Å². The van der Waals surface area contributed by atoms with E-state index in [-0.39, 0.29) is 30.5 Å². The molecule has 5 rings (SSSR count). The van der Waals surface area contributed by atoms with Crippen molar-refractivity contribution in [1.82, 2.24) is 29.4 Å². The van der Waals surface area contributed by atoms with Gasteiger partial charge in [0, 0.05) is 55.6 Å². The van der Waals surface area contributed by atoms with E-state index < -0.39 is 0 Å². The zero-order valence-electron chi connectivity index (χ0n) is 21.1. The molecule has 0 radical (unpaired) electrons. The minimum absolute atomic E-state index is 0.00921. The number of piperazine rings is 1.